The molecule has 0 bridgehead atoms. The van der Waals surface area contributed by atoms with Gasteiger partial charge in [-0.3, -0.25) is 9.78 Å². The molecule has 2 heterocycles. The van der Waals surface area contributed by atoms with Crippen LogP contribution >= 0.6 is 0 Å². The van der Waals surface area contributed by atoms with Crippen molar-refractivity contribution in [3.8, 4) is 0 Å². The Labute approximate surface area is 153 Å². The summed E-state index contributed by atoms with van der Waals surface area (Å²) in [6.07, 6.45) is -5.00. The Bertz CT molecular complexity index is 982. The minimum Gasteiger partial charge on any atom is -0.374 e. The monoisotopic (exact) mass is 403 g/mol. The SMILES string of the molecule is Cc1cc(C2=NOC(c3cc(F)c(F)c(F)c3)(C(F)(F)F)C2)cnc1C(N)=O. The molecule has 0 saturated carbocycles. The molecule has 1 aliphatic rings. The number of benzene rings is 1. The summed E-state index contributed by atoms with van der Waals surface area (Å²) in [7, 11) is 0. The third-order valence-electron chi connectivity index (χ3n) is 4.28. The number of aromatic nitrogens is 1. The van der Waals surface area contributed by atoms with Crippen molar-refractivity contribution in [2.75, 3.05) is 0 Å². The predicted molar refractivity (Wildman–Crippen MR) is 83.8 cm³/mol. The Balaban J connectivity index is 2.04. The second-order valence-electron chi connectivity index (χ2n) is 6.14. The summed E-state index contributed by atoms with van der Waals surface area (Å²) < 4.78 is 81.6. The van der Waals surface area contributed by atoms with E-state index in [0.29, 0.717) is 0 Å². The molecule has 1 amide bonds. The molecule has 1 unspecified atom stereocenters. The number of rotatable bonds is 3. The number of oxime groups is 1. The molecule has 2 aromatic rings. The number of pyridine rings is 1. The quantitative estimate of drug-likeness (QED) is 0.630. The number of amides is 1. The van der Waals surface area contributed by atoms with Gasteiger partial charge in [0.05, 0.1) is 12.1 Å². The summed E-state index contributed by atoms with van der Waals surface area (Å²) in [4.78, 5) is 19.6. The van der Waals surface area contributed by atoms with Crippen molar-refractivity contribution in [2.24, 2.45) is 10.9 Å². The molecular formula is C17H11F6N3O2. The number of nitrogens with two attached hydrogens (primary N) is 1. The molecule has 3 rings (SSSR count). The molecule has 0 radical (unpaired) electrons. The highest BCUT2D eigenvalue weighted by Gasteiger charge is 2.62. The first-order valence-corrected chi connectivity index (χ1v) is 7.70. The van der Waals surface area contributed by atoms with Gasteiger partial charge in [-0.05, 0) is 30.7 Å². The van der Waals surface area contributed by atoms with Crippen LogP contribution < -0.4 is 5.73 Å². The molecule has 0 aliphatic carbocycles. The van der Waals surface area contributed by atoms with E-state index in [1.807, 2.05) is 0 Å². The van der Waals surface area contributed by atoms with E-state index in [4.69, 9.17) is 5.73 Å². The number of hydrogen-bond acceptors (Lipinski definition) is 4. The minimum atomic E-state index is -5.13. The summed E-state index contributed by atoms with van der Waals surface area (Å²) in [6, 6.07) is 1.75. The Morgan fingerprint density at radius 2 is 1.79 bits per heavy atom. The highest BCUT2D eigenvalue weighted by Crippen LogP contribution is 2.49. The first-order valence-electron chi connectivity index (χ1n) is 7.70. The second-order valence-corrected chi connectivity index (χ2v) is 6.14. The van der Waals surface area contributed by atoms with Gasteiger partial charge in [0, 0.05) is 17.3 Å². The standard InChI is InChI=1S/C17H11F6N3O2/c1-7-2-8(6-25-14(7)15(24)27)12-5-16(28-26-12,17(21,22)23)9-3-10(18)13(20)11(19)4-9/h2-4,6H,5H2,1H3,(H2,24,27). The molecule has 28 heavy (non-hydrogen) atoms. The fourth-order valence-corrected chi connectivity index (χ4v) is 2.84. The van der Waals surface area contributed by atoms with E-state index in [-0.39, 0.29) is 34.7 Å². The van der Waals surface area contributed by atoms with Gasteiger partial charge < -0.3 is 10.6 Å². The third-order valence-corrected chi connectivity index (χ3v) is 4.28. The Hall–Kier alpha value is -3.11. The third kappa shape index (κ3) is 3.06. The highest BCUT2D eigenvalue weighted by atomic mass is 19.4. The summed E-state index contributed by atoms with van der Waals surface area (Å²) >= 11 is 0. The lowest BCUT2D eigenvalue weighted by Gasteiger charge is -2.29. The smallest absolute Gasteiger partial charge is 0.374 e. The Kier molecular flexibility index (Phi) is 4.56. The van der Waals surface area contributed by atoms with Crippen LogP contribution in [-0.4, -0.2) is 22.8 Å². The fraction of sp³-hybridized carbons (Fsp3) is 0.235. The van der Waals surface area contributed by atoms with Crippen LogP contribution in [0.2, 0.25) is 0 Å². The zero-order valence-corrected chi connectivity index (χ0v) is 14.1. The van der Waals surface area contributed by atoms with Crippen LogP contribution in [0, 0.1) is 24.4 Å². The molecule has 1 aromatic heterocycles. The van der Waals surface area contributed by atoms with Crippen LogP contribution in [0.1, 0.15) is 33.6 Å². The molecule has 1 atom stereocenters. The number of nitrogens with zero attached hydrogens (tertiary/aromatic N) is 2. The van der Waals surface area contributed by atoms with Gasteiger partial charge in [-0.1, -0.05) is 5.16 Å². The van der Waals surface area contributed by atoms with Gasteiger partial charge in [0.2, 0.25) is 0 Å². The second kappa shape index (κ2) is 6.50. The lowest BCUT2D eigenvalue weighted by atomic mass is 9.86. The molecule has 148 valence electrons. The molecule has 0 saturated heterocycles. The molecular weight excluding hydrogens is 392 g/mol. The van der Waals surface area contributed by atoms with E-state index in [0.717, 1.165) is 6.20 Å². The Morgan fingerprint density at radius 1 is 1.18 bits per heavy atom. The number of hydrogen-bond donors (Lipinski definition) is 1. The van der Waals surface area contributed by atoms with Crippen molar-refractivity contribution in [3.05, 3.63) is 64.2 Å². The van der Waals surface area contributed by atoms with Crippen molar-refractivity contribution in [1.82, 2.24) is 4.98 Å². The van der Waals surface area contributed by atoms with Crippen LogP contribution in [0.4, 0.5) is 26.3 Å². The molecule has 11 heteroatoms. The summed E-state index contributed by atoms with van der Waals surface area (Å²) in [5, 5.41) is 3.40. The maximum absolute atomic E-state index is 13.8. The van der Waals surface area contributed by atoms with Crippen molar-refractivity contribution < 1.29 is 36.0 Å². The Morgan fingerprint density at radius 3 is 2.29 bits per heavy atom. The number of halogens is 6. The summed E-state index contributed by atoms with van der Waals surface area (Å²) in [5.74, 6) is -6.31. The average Bonchev–Trinajstić information content (AvgIpc) is 3.05. The number of carbonyl (C=O) groups excluding carboxylic acids is 1. The van der Waals surface area contributed by atoms with Crippen LogP contribution in [0.3, 0.4) is 0 Å². The van der Waals surface area contributed by atoms with Gasteiger partial charge in [0.25, 0.3) is 11.5 Å². The van der Waals surface area contributed by atoms with Gasteiger partial charge in [0.15, 0.2) is 17.5 Å². The van der Waals surface area contributed by atoms with E-state index in [1.165, 1.54) is 13.0 Å². The molecule has 0 spiro atoms. The number of carbonyl (C=O) groups is 1. The van der Waals surface area contributed by atoms with Crippen molar-refractivity contribution in [2.45, 2.75) is 25.1 Å². The number of aryl methyl sites for hydroxylation is 1. The molecule has 2 N–H and O–H groups in total. The molecule has 0 fully saturated rings. The highest BCUT2D eigenvalue weighted by molar-refractivity contribution is 6.02. The lowest BCUT2D eigenvalue weighted by Crippen LogP contribution is -2.43. The average molecular weight is 403 g/mol. The molecule has 5 nitrogen and oxygen atoms in total. The summed E-state index contributed by atoms with van der Waals surface area (Å²) in [5.41, 5.74) is 1.01. The topological polar surface area (TPSA) is 77.6 Å². The van der Waals surface area contributed by atoms with E-state index in [9.17, 15) is 31.1 Å². The first kappa shape index (κ1) is 19.6. The van der Waals surface area contributed by atoms with E-state index >= 15 is 0 Å². The van der Waals surface area contributed by atoms with Crippen molar-refractivity contribution >= 4 is 11.6 Å². The zero-order valence-electron chi connectivity index (χ0n) is 14.1. The fourth-order valence-electron chi connectivity index (χ4n) is 2.84. The van der Waals surface area contributed by atoms with Crippen molar-refractivity contribution in [3.63, 3.8) is 0 Å². The van der Waals surface area contributed by atoms with E-state index in [2.05, 4.69) is 15.0 Å². The maximum Gasteiger partial charge on any atom is 0.435 e. The van der Waals surface area contributed by atoms with E-state index < -0.39 is 47.1 Å². The number of primary amides is 1. The normalized spacial score (nSPS) is 19.3. The van der Waals surface area contributed by atoms with Gasteiger partial charge >= 0.3 is 6.18 Å². The lowest BCUT2D eigenvalue weighted by molar-refractivity contribution is -0.276. The van der Waals surface area contributed by atoms with E-state index in [1.54, 1.807) is 0 Å². The predicted octanol–water partition coefficient (Wildman–Crippen LogP) is 3.49. The van der Waals surface area contributed by atoms with Crippen molar-refractivity contribution in [1.29, 1.82) is 0 Å². The number of alkyl halides is 3. The zero-order chi connectivity index (χ0) is 20.9. The van der Waals surface area contributed by atoms with Crippen LogP contribution in [-0.2, 0) is 10.4 Å². The maximum atomic E-state index is 13.8. The van der Waals surface area contributed by atoms with Gasteiger partial charge in [-0.15, -0.1) is 0 Å². The molecule has 1 aliphatic heterocycles. The van der Waals surface area contributed by atoms with Crippen LogP contribution in [0.15, 0.2) is 29.6 Å². The first-order chi connectivity index (χ1) is 13.0. The minimum absolute atomic E-state index is 0.0759. The van der Waals surface area contributed by atoms with Crippen LogP contribution in [0.25, 0.3) is 0 Å². The van der Waals surface area contributed by atoms with Crippen LogP contribution in [0.5, 0.6) is 0 Å². The molecule has 1 aromatic carbocycles. The van der Waals surface area contributed by atoms with Gasteiger partial charge in [-0.25, -0.2) is 13.2 Å². The largest absolute Gasteiger partial charge is 0.435 e. The van der Waals surface area contributed by atoms with Gasteiger partial charge in [0.1, 0.15) is 5.69 Å². The summed E-state index contributed by atoms with van der Waals surface area (Å²) in [6.45, 7) is 1.47. The van der Waals surface area contributed by atoms with Gasteiger partial charge in [-0.2, -0.15) is 13.2 Å².